The van der Waals surface area contributed by atoms with Crippen LogP contribution in [0.15, 0.2) is 46.2 Å². The van der Waals surface area contributed by atoms with Crippen LogP contribution in [-0.2, 0) is 21.5 Å². The van der Waals surface area contributed by atoms with Crippen LogP contribution in [-0.4, -0.2) is 41.2 Å². The molecule has 4 amide bonds. The van der Waals surface area contributed by atoms with Crippen LogP contribution in [0.1, 0.15) is 42.0 Å². The van der Waals surface area contributed by atoms with Gasteiger partial charge in [-0.25, -0.2) is 4.79 Å². The van der Waals surface area contributed by atoms with Crippen LogP contribution in [0.2, 0.25) is 0 Å². The molecule has 3 heterocycles. The van der Waals surface area contributed by atoms with Gasteiger partial charge in [0.2, 0.25) is 5.91 Å². The van der Waals surface area contributed by atoms with Gasteiger partial charge in [0.25, 0.3) is 5.91 Å². The molecule has 0 radical (unpaired) electrons. The van der Waals surface area contributed by atoms with E-state index >= 15 is 0 Å². The number of hydrogen-bond acceptors (Lipinski definition) is 5. The van der Waals surface area contributed by atoms with Crippen molar-refractivity contribution >= 4 is 40.2 Å². The highest BCUT2D eigenvalue weighted by Gasteiger charge is 2.54. The normalized spacial score (nSPS) is 21.4. The van der Waals surface area contributed by atoms with E-state index in [0.29, 0.717) is 12.2 Å². The Hall–Kier alpha value is -3.13. The number of carbonyl (C=O) groups is 3. The van der Waals surface area contributed by atoms with Crippen molar-refractivity contribution in [2.45, 2.75) is 37.8 Å². The number of thiophene rings is 1. The number of aryl methyl sites for hydroxylation is 1. The SMILES string of the molecule is CC(c1cc2ccccc2o1)N(C)C(=O)CN1C(=O)NC2(CCCc3sccc32)C1=O. The highest BCUT2D eigenvalue weighted by molar-refractivity contribution is 7.10. The van der Waals surface area contributed by atoms with Crippen molar-refractivity contribution in [3.63, 3.8) is 0 Å². The monoisotopic (exact) mass is 437 g/mol. The van der Waals surface area contributed by atoms with Gasteiger partial charge in [-0.3, -0.25) is 14.5 Å². The second kappa shape index (κ2) is 7.23. The third-order valence-electron chi connectivity index (χ3n) is 6.46. The zero-order chi connectivity index (χ0) is 21.8. The first-order valence-electron chi connectivity index (χ1n) is 10.4. The summed E-state index contributed by atoms with van der Waals surface area (Å²) in [5, 5.41) is 5.80. The van der Waals surface area contributed by atoms with E-state index in [1.807, 2.05) is 48.7 Å². The fourth-order valence-electron chi connectivity index (χ4n) is 4.55. The molecule has 160 valence electrons. The molecule has 1 aliphatic carbocycles. The minimum atomic E-state index is -1.03. The van der Waals surface area contributed by atoms with E-state index in [4.69, 9.17) is 4.42 Å². The zero-order valence-electron chi connectivity index (χ0n) is 17.4. The largest absolute Gasteiger partial charge is 0.459 e. The first-order chi connectivity index (χ1) is 14.9. The minimum Gasteiger partial charge on any atom is -0.459 e. The maximum absolute atomic E-state index is 13.3. The highest BCUT2D eigenvalue weighted by Crippen LogP contribution is 2.42. The van der Waals surface area contributed by atoms with Crippen molar-refractivity contribution in [3.05, 3.63) is 58.0 Å². The van der Waals surface area contributed by atoms with Crippen LogP contribution in [0.4, 0.5) is 4.79 Å². The van der Waals surface area contributed by atoms with Gasteiger partial charge in [-0.2, -0.15) is 0 Å². The van der Waals surface area contributed by atoms with Gasteiger partial charge >= 0.3 is 6.03 Å². The van der Waals surface area contributed by atoms with Gasteiger partial charge in [-0.1, -0.05) is 18.2 Å². The van der Waals surface area contributed by atoms with Crippen LogP contribution in [0.25, 0.3) is 11.0 Å². The first kappa shape index (κ1) is 19.8. The molecule has 2 atom stereocenters. The molecule has 1 fully saturated rings. The quantitative estimate of drug-likeness (QED) is 0.630. The fraction of sp³-hybridized carbons (Fsp3) is 0.348. The molecule has 3 aromatic rings. The average molecular weight is 438 g/mol. The van der Waals surface area contributed by atoms with Gasteiger partial charge < -0.3 is 14.6 Å². The molecule has 2 unspecified atom stereocenters. The summed E-state index contributed by atoms with van der Waals surface area (Å²) in [6, 6.07) is 10.6. The summed E-state index contributed by atoms with van der Waals surface area (Å²) in [7, 11) is 1.66. The van der Waals surface area contributed by atoms with Crippen molar-refractivity contribution in [1.29, 1.82) is 0 Å². The van der Waals surface area contributed by atoms with Crippen LogP contribution in [0, 0.1) is 0 Å². The summed E-state index contributed by atoms with van der Waals surface area (Å²) < 4.78 is 5.88. The Balaban J connectivity index is 1.34. The molecular weight excluding hydrogens is 414 g/mol. The third-order valence-corrected chi connectivity index (χ3v) is 7.44. The van der Waals surface area contributed by atoms with E-state index in [1.54, 1.807) is 18.4 Å². The summed E-state index contributed by atoms with van der Waals surface area (Å²) in [4.78, 5) is 42.7. The first-order valence-corrected chi connectivity index (χ1v) is 11.2. The van der Waals surface area contributed by atoms with Crippen molar-refractivity contribution in [2.75, 3.05) is 13.6 Å². The van der Waals surface area contributed by atoms with Crippen LogP contribution >= 0.6 is 11.3 Å². The summed E-state index contributed by atoms with van der Waals surface area (Å²) >= 11 is 1.60. The molecule has 8 heteroatoms. The van der Waals surface area contributed by atoms with Gasteiger partial charge in [0.1, 0.15) is 23.4 Å². The summed E-state index contributed by atoms with van der Waals surface area (Å²) in [5.74, 6) is -0.00855. The number of fused-ring (bicyclic) bond motifs is 3. The van der Waals surface area contributed by atoms with E-state index in [1.165, 1.54) is 4.90 Å². The molecule has 2 aromatic heterocycles. The number of imide groups is 1. The Morgan fingerprint density at radius 3 is 2.94 bits per heavy atom. The fourth-order valence-corrected chi connectivity index (χ4v) is 5.55. The van der Waals surface area contributed by atoms with Crippen molar-refractivity contribution in [2.24, 2.45) is 0 Å². The number of rotatable bonds is 4. The second-order valence-electron chi connectivity index (χ2n) is 8.20. The molecule has 1 spiro atoms. The lowest BCUT2D eigenvalue weighted by atomic mass is 9.80. The lowest BCUT2D eigenvalue weighted by Gasteiger charge is -2.31. The van der Waals surface area contributed by atoms with Gasteiger partial charge in [0.15, 0.2) is 0 Å². The second-order valence-corrected chi connectivity index (χ2v) is 9.21. The lowest BCUT2D eigenvalue weighted by molar-refractivity contribution is -0.140. The van der Waals surface area contributed by atoms with Crippen LogP contribution in [0.5, 0.6) is 0 Å². The van der Waals surface area contributed by atoms with Gasteiger partial charge in [0, 0.05) is 22.9 Å². The number of furan rings is 1. The zero-order valence-corrected chi connectivity index (χ0v) is 18.2. The van der Waals surface area contributed by atoms with E-state index in [0.717, 1.165) is 39.2 Å². The average Bonchev–Trinajstić information content (AvgIpc) is 3.47. The number of urea groups is 1. The van der Waals surface area contributed by atoms with E-state index in [2.05, 4.69) is 5.32 Å². The molecule has 0 bridgehead atoms. The Morgan fingerprint density at radius 1 is 1.32 bits per heavy atom. The summed E-state index contributed by atoms with van der Waals surface area (Å²) in [6.45, 7) is 1.56. The molecule has 1 saturated heterocycles. The summed E-state index contributed by atoms with van der Waals surface area (Å²) in [5.41, 5.74) is 0.597. The predicted octanol–water partition coefficient (Wildman–Crippen LogP) is 3.80. The van der Waals surface area contributed by atoms with E-state index < -0.39 is 11.6 Å². The molecule has 7 nitrogen and oxygen atoms in total. The number of hydrogen-bond donors (Lipinski definition) is 1. The minimum absolute atomic E-state index is 0.299. The number of nitrogens with one attached hydrogen (secondary N) is 1. The molecule has 1 aromatic carbocycles. The maximum Gasteiger partial charge on any atom is 0.325 e. The number of carbonyl (C=O) groups excluding carboxylic acids is 3. The van der Waals surface area contributed by atoms with Crippen molar-refractivity contribution in [1.82, 2.24) is 15.1 Å². The molecule has 31 heavy (non-hydrogen) atoms. The lowest BCUT2D eigenvalue weighted by Crippen LogP contribution is -2.47. The molecule has 2 aliphatic rings. The molecule has 5 rings (SSSR count). The number of benzene rings is 1. The Morgan fingerprint density at radius 2 is 2.13 bits per heavy atom. The number of para-hydroxylation sites is 1. The van der Waals surface area contributed by atoms with E-state index in [9.17, 15) is 14.4 Å². The van der Waals surface area contributed by atoms with Crippen molar-refractivity contribution in [3.8, 4) is 0 Å². The number of likely N-dealkylation sites (N-methyl/N-ethyl adjacent to an activating group) is 1. The molecule has 1 N–H and O–H groups in total. The Labute approximate surface area is 183 Å². The molecule has 1 aliphatic heterocycles. The van der Waals surface area contributed by atoms with Crippen molar-refractivity contribution < 1.29 is 18.8 Å². The van der Waals surface area contributed by atoms with Gasteiger partial charge in [0.05, 0.1) is 6.04 Å². The smallest absolute Gasteiger partial charge is 0.325 e. The Kier molecular flexibility index (Phi) is 4.62. The number of nitrogens with zero attached hydrogens (tertiary/aromatic N) is 2. The topological polar surface area (TPSA) is 82.9 Å². The number of amides is 4. The van der Waals surface area contributed by atoms with Crippen LogP contribution in [0.3, 0.4) is 0 Å². The summed E-state index contributed by atoms with van der Waals surface area (Å²) in [6.07, 6.45) is 2.29. The molecule has 0 saturated carbocycles. The predicted molar refractivity (Wildman–Crippen MR) is 117 cm³/mol. The van der Waals surface area contributed by atoms with Gasteiger partial charge in [-0.15, -0.1) is 11.3 Å². The van der Waals surface area contributed by atoms with E-state index in [-0.39, 0.29) is 24.4 Å². The highest BCUT2D eigenvalue weighted by atomic mass is 32.1. The van der Waals surface area contributed by atoms with Crippen LogP contribution < -0.4 is 5.32 Å². The molecular formula is C23H23N3O4S. The van der Waals surface area contributed by atoms with Gasteiger partial charge in [-0.05, 0) is 49.8 Å². The Bertz CT molecular complexity index is 1170. The maximum atomic E-state index is 13.3. The third kappa shape index (κ3) is 3.05. The standard InChI is InChI=1S/C23H23N3O4S/c1-14(18-12-15-6-3-4-7-17(15)30-18)25(2)20(27)13-26-21(28)23(24-22(26)29)10-5-8-19-16(23)9-11-31-19/h3-4,6-7,9,11-12,14H,5,8,10,13H2,1-2H3,(H,24,29).